The van der Waals surface area contributed by atoms with Gasteiger partial charge in [-0.25, -0.2) is 9.37 Å². The van der Waals surface area contributed by atoms with Gasteiger partial charge in [0.15, 0.2) is 0 Å². The van der Waals surface area contributed by atoms with E-state index in [2.05, 4.69) is 15.6 Å². The fourth-order valence-electron chi connectivity index (χ4n) is 1.41. The molecular formula is C13H20FN3OS. The summed E-state index contributed by atoms with van der Waals surface area (Å²) in [5.41, 5.74) is 0.252. The molecule has 0 bridgehead atoms. The summed E-state index contributed by atoms with van der Waals surface area (Å²) in [4.78, 5) is 16.0. The first-order chi connectivity index (χ1) is 9.08. The van der Waals surface area contributed by atoms with Crippen LogP contribution in [0.3, 0.4) is 0 Å². The Morgan fingerprint density at radius 3 is 2.95 bits per heavy atom. The number of rotatable bonds is 7. The van der Waals surface area contributed by atoms with Crippen LogP contribution < -0.4 is 10.6 Å². The summed E-state index contributed by atoms with van der Waals surface area (Å²) in [6.45, 7) is 5.27. The van der Waals surface area contributed by atoms with E-state index in [1.54, 1.807) is 11.8 Å². The minimum Gasteiger partial charge on any atom is -0.369 e. The molecule has 19 heavy (non-hydrogen) atoms. The van der Waals surface area contributed by atoms with E-state index in [1.807, 2.05) is 20.1 Å². The average Bonchev–Trinajstić information content (AvgIpc) is 2.42. The van der Waals surface area contributed by atoms with Gasteiger partial charge in [-0.2, -0.15) is 11.8 Å². The van der Waals surface area contributed by atoms with Gasteiger partial charge in [0.25, 0.3) is 5.91 Å². The lowest BCUT2D eigenvalue weighted by Gasteiger charge is -2.13. The third-order valence-corrected chi connectivity index (χ3v) is 3.57. The molecule has 1 atom stereocenters. The van der Waals surface area contributed by atoms with E-state index in [4.69, 9.17) is 0 Å². The Labute approximate surface area is 117 Å². The molecule has 2 N–H and O–H groups in total. The van der Waals surface area contributed by atoms with Crippen molar-refractivity contribution in [1.82, 2.24) is 10.3 Å². The Morgan fingerprint density at radius 1 is 1.58 bits per heavy atom. The van der Waals surface area contributed by atoms with Crippen LogP contribution in [-0.2, 0) is 0 Å². The predicted octanol–water partition coefficient (Wildman–Crippen LogP) is 2.52. The maximum absolute atomic E-state index is 13.2. The highest BCUT2D eigenvalue weighted by molar-refractivity contribution is 7.99. The van der Waals surface area contributed by atoms with Crippen LogP contribution in [0.15, 0.2) is 12.3 Å². The number of halogens is 1. The number of nitrogens with one attached hydrogen (secondary N) is 2. The van der Waals surface area contributed by atoms with Crippen LogP contribution in [0.2, 0.25) is 0 Å². The number of thioether (sulfide) groups is 1. The van der Waals surface area contributed by atoms with Crippen molar-refractivity contribution in [2.24, 2.45) is 0 Å². The Hall–Kier alpha value is -1.30. The van der Waals surface area contributed by atoms with Crippen LogP contribution >= 0.6 is 11.8 Å². The van der Waals surface area contributed by atoms with Crippen LogP contribution in [0.1, 0.15) is 30.6 Å². The van der Waals surface area contributed by atoms with Crippen LogP contribution in [0.25, 0.3) is 0 Å². The van der Waals surface area contributed by atoms with Crippen molar-refractivity contribution in [3.63, 3.8) is 0 Å². The largest absolute Gasteiger partial charge is 0.369 e. The zero-order valence-corrected chi connectivity index (χ0v) is 12.3. The number of pyridine rings is 1. The first-order valence-electron chi connectivity index (χ1n) is 6.28. The van der Waals surface area contributed by atoms with Gasteiger partial charge in [-0.15, -0.1) is 0 Å². The molecule has 0 aliphatic carbocycles. The number of hydrogen-bond acceptors (Lipinski definition) is 4. The molecule has 106 valence electrons. The van der Waals surface area contributed by atoms with Gasteiger partial charge in [0.2, 0.25) is 0 Å². The number of nitrogens with zero attached hydrogens (tertiary/aromatic N) is 1. The quantitative estimate of drug-likeness (QED) is 0.808. The number of hydrogen-bond donors (Lipinski definition) is 2. The summed E-state index contributed by atoms with van der Waals surface area (Å²) < 4.78 is 13.2. The van der Waals surface area contributed by atoms with E-state index >= 15 is 0 Å². The number of aromatic nitrogens is 1. The summed E-state index contributed by atoms with van der Waals surface area (Å²) in [6, 6.07) is 1.21. The molecule has 4 nitrogen and oxygen atoms in total. The monoisotopic (exact) mass is 285 g/mol. The minimum atomic E-state index is -0.509. The lowest BCUT2D eigenvalue weighted by Crippen LogP contribution is -2.30. The molecule has 0 saturated carbocycles. The maximum atomic E-state index is 13.2. The molecule has 1 aromatic rings. The van der Waals surface area contributed by atoms with E-state index < -0.39 is 5.82 Å². The number of amides is 1. The Bertz CT molecular complexity index is 428. The van der Waals surface area contributed by atoms with E-state index in [-0.39, 0.29) is 11.5 Å². The van der Waals surface area contributed by atoms with Crippen LogP contribution in [0, 0.1) is 5.82 Å². The van der Waals surface area contributed by atoms with E-state index in [1.165, 1.54) is 6.07 Å². The Kier molecular flexibility index (Phi) is 6.62. The predicted molar refractivity (Wildman–Crippen MR) is 78.3 cm³/mol. The zero-order valence-electron chi connectivity index (χ0n) is 11.5. The first-order valence-corrected chi connectivity index (χ1v) is 7.57. The van der Waals surface area contributed by atoms with Crippen molar-refractivity contribution in [3.05, 3.63) is 23.6 Å². The summed E-state index contributed by atoms with van der Waals surface area (Å²) in [5, 5.41) is 6.13. The standard InChI is InChI=1S/C13H20FN3OS/c1-4-5-15-12-11(6-10(14)8-16-12)13(18)17-7-9(2)19-3/h6,8-9H,4-5,7H2,1-3H3,(H,15,16)(H,17,18). The molecule has 0 aliphatic rings. The van der Waals surface area contributed by atoms with Crippen molar-refractivity contribution in [2.45, 2.75) is 25.5 Å². The number of carbonyl (C=O) groups excluding carboxylic acids is 1. The van der Waals surface area contributed by atoms with Crippen molar-refractivity contribution in [1.29, 1.82) is 0 Å². The van der Waals surface area contributed by atoms with Gasteiger partial charge < -0.3 is 10.6 Å². The third kappa shape index (κ3) is 5.06. The van der Waals surface area contributed by atoms with Gasteiger partial charge in [0.05, 0.1) is 11.8 Å². The van der Waals surface area contributed by atoms with Crippen molar-refractivity contribution < 1.29 is 9.18 Å². The molecule has 0 aromatic carbocycles. The second-order valence-electron chi connectivity index (χ2n) is 4.23. The molecular weight excluding hydrogens is 265 g/mol. The highest BCUT2D eigenvalue weighted by Crippen LogP contribution is 2.14. The SMILES string of the molecule is CCCNc1ncc(F)cc1C(=O)NCC(C)SC. The Morgan fingerprint density at radius 2 is 2.32 bits per heavy atom. The topological polar surface area (TPSA) is 54.0 Å². The lowest BCUT2D eigenvalue weighted by molar-refractivity contribution is 0.0954. The lowest BCUT2D eigenvalue weighted by atomic mass is 10.2. The average molecular weight is 285 g/mol. The molecule has 1 rings (SSSR count). The Balaban J connectivity index is 2.78. The van der Waals surface area contributed by atoms with E-state index in [0.29, 0.717) is 24.2 Å². The summed E-state index contributed by atoms with van der Waals surface area (Å²) in [7, 11) is 0. The highest BCUT2D eigenvalue weighted by Gasteiger charge is 2.14. The van der Waals surface area contributed by atoms with Crippen LogP contribution in [0.4, 0.5) is 10.2 Å². The zero-order chi connectivity index (χ0) is 14.3. The number of anilines is 1. The molecule has 1 aromatic heterocycles. The second kappa shape index (κ2) is 7.99. The van der Waals surface area contributed by atoms with Crippen molar-refractivity contribution in [3.8, 4) is 0 Å². The fourth-order valence-corrected chi connectivity index (χ4v) is 1.66. The molecule has 0 fully saturated rings. The van der Waals surface area contributed by atoms with Crippen LogP contribution in [0.5, 0.6) is 0 Å². The molecule has 1 unspecified atom stereocenters. The van der Waals surface area contributed by atoms with Gasteiger partial charge in [0, 0.05) is 18.3 Å². The highest BCUT2D eigenvalue weighted by atomic mass is 32.2. The third-order valence-electron chi connectivity index (χ3n) is 2.59. The van der Waals surface area contributed by atoms with Crippen LogP contribution in [-0.4, -0.2) is 35.5 Å². The summed E-state index contributed by atoms with van der Waals surface area (Å²) >= 11 is 1.66. The molecule has 0 saturated heterocycles. The fraction of sp³-hybridized carbons (Fsp3) is 0.538. The molecule has 6 heteroatoms. The van der Waals surface area contributed by atoms with E-state index in [0.717, 1.165) is 12.6 Å². The van der Waals surface area contributed by atoms with Gasteiger partial charge in [-0.1, -0.05) is 13.8 Å². The van der Waals surface area contributed by atoms with Gasteiger partial charge in [-0.05, 0) is 18.7 Å². The molecule has 1 amide bonds. The summed E-state index contributed by atoms with van der Waals surface area (Å²) in [6.07, 6.45) is 4.00. The van der Waals surface area contributed by atoms with Crippen molar-refractivity contribution in [2.75, 3.05) is 24.7 Å². The molecule has 0 spiro atoms. The number of carbonyl (C=O) groups is 1. The molecule has 0 radical (unpaired) electrons. The van der Waals surface area contributed by atoms with Gasteiger partial charge in [-0.3, -0.25) is 4.79 Å². The minimum absolute atomic E-state index is 0.252. The maximum Gasteiger partial charge on any atom is 0.255 e. The normalized spacial score (nSPS) is 12.0. The molecule has 0 aliphatic heterocycles. The molecule has 1 heterocycles. The van der Waals surface area contributed by atoms with Gasteiger partial charge in [0.1, 0.15) is 11.6 Å². The van der Waals surface area contributed by atoms with Gasteiger partial charge >= 0.3 is 0 Å². The summed E-state index contributed by atoms with van der Waals surface area (Å²) in [5.74, 6) is -0.380. The van der Waals surface area contributed by atoms with Crippen molar-refractivity contribution >= 4 is 23.5 Å². The first kappa shape index (κ1) is 15.8. The van der Waals surface area contributed by atoms with E-state index in [9.17, 15) is 9.18 Å². The smallest absolute Gasteiger partial charge is 0.255 e. The second-order valence-corrected chi connectivity index (χ2v) is 5.51.